The maximum absolute atomic E-state index is 12.3. The predicted molar refractivity (Wildman–Crippen MR) is 129 cm³/mol. The number of imide groups is 1. The normalized spacial score (nSPS) is 17.0. The van der Waals surface area contributed by atoms with Gasteiger partial charge in [-0.15, -0.1) is 0 Å². The Morgan fingerprint density at radius 1 is 1.15 bits per heavy atom. The fourth-order valence-electron chi connectivity index (χ4n) is 3.87. The van der Waals surface area contributed by atoms with Crippen molar-refractivity contribution in [2.24, 2.45) is 0 Å². The molecule has 2 saturated heterocycles. The molecule has 4 amide bonds. The van der Waals surface area contributed by atoms with E-state index in [1.165, 1.54) is 4.90 Å². The highest BCUT2D eigenvalue weighted by molar-refractivity contribution is 6.12. The molecule has 1 aromatic carbocycles. The third-order valence-corrected chi connectivity index (χ3v) is 5.51. The van der Waals surface area contributed by atoms with E-state index in [4.69, 9.17) is 10.1 Å². The number of ether oxygens (including phenoxy) is 1. The Morgan fingerprint density at radius 3 is 2.33 bits per heavy atom. The van der Waals surface area contributed by atoms with E-state index in [0.29, 0.717) is 24.6 Å². The van der Waals surface area contributed by atoms with Crippen molar-refractivity contribution < 1.29 is 19.1 Å². The van der Waals surface area contributed by atoms with Crippen molar-refractivity contribution in [1.29, 1.82) is 5.41 Å². The number of rotatable bonds is 3. The van der Waals surface area contributed by atoms with Crippen molar-refractivity contribution in [2.75, 3.05) is 32.0 Å². The van der Waals surface area contributed by atoms with Gasteiger partial charge in [-0.05, 0) is 57.2 Å². The number of benzene rings is 1. The molecule has 2 fully saturated rings. The first kappa shape index (κ1) is 26.2. The molecule has 0 atom stereocenters. The molecule has 1 aromatic rings. The Kier molecular flexibility index (Phi) is 8.84. The quantitative estimate of drug-likeness (QED) is 0.464. The number of amides is 4. The molecule has 0 aliphatic carbocycles. The van der Waals surface area contributed by atoms with Crippen LogP contribution in [0.5, 0.6) is 0 Å². The summed E-state index contributed by atoms with van der Waals surface area (Å²) in [6, 6.07) is 5.26. The van der Waals surface area contributed by atoms with Crippen LogP contribution in [0.4, 0.5) is 15.3 Å². The lowest BCUT2D eigenvalue weighted by Gasteiger charge is -2.34. The van der Waals surface area contributed by atoms with Gasteiger partial charge >= 0.3 is 12.1 Å². The lowest BCUT2D eigenvalue weighted by Crippen LogP contribution is -2.52. The lowest BCUT2D eigenvalue weighted by molar-refractivity contribution is -0.121. The average molecular weight is 460 g/mol. The number of urea groups is 1. The van der Waals surface area contributed by atoms with Gasteiger partial charge in [0.2, 0.25) is 5.91 Å². The van der Waals surface area contributed by atoms with Crippen molar-refractivity contribution >= 4 is 29.6 Å². The zero-order valence-corrected chi connectivity index (χ0v) is 20.6. The zero-order valence-electron chi connectivity index (χ0n) is 20.6. The van der Waals surface area contributed by atoms with Crippen LogP contribution < -0.4 is 10.6 Å². The van der Waals surface area contributed by atoms with Crippen LogP contribution in [0.3, 0.4) is 0 Å². The molecule has 9 nitrogen and oxygen atoms in total. The van der Waals surface area contributed by atoms with Crippen LogP contribution in [0.1, 0.15) is 70.9 Å². The number of anilines is 1. The number of amidine groups is 1. The lowest BCUT2D eigenvalue weighted by atomic mass is 9.88. The highest BCUT2D eigenvalue weighted by Gasteiger charge is 2.30. The van der Waals surface area contributed by atoms with Crippen LogP contribution in [0.25, 0.3) is 0 Å². The number of piperidine rings is 1. The number of likely N-dealkylation sites (tertiary alicyclic amines) is 1. The van der Waals surface area contributed by atoms with E-state index >= 15 is 0 Å². The minimum Gasteiger partial charge on any atom is -0.444 e. The standard InChI is InChI=1S/C22H31N5O4.C2H6/c1-22(2,3)31-21(30)26-10-7-14(8-11-26)15-5-6-16(17(13-15)24-4)19(23)27-12-9-18(28)25-20(27)29;1-2/h5-6,13-14,23-24H,7-12H2,1-4H3,(H,25,28,29);1-2H3. The number of hydrogen-bond acceptors (Lipinski definition) is 6. The molecule has 0 bridgehead atoms. The number of hydrogen-bond donors (Lipinski definition) is 3. The molecular weight excluding hydrogens is 422 g/mol. The SMILES string of the molecule is CC.CNc1cc(C2CCN(C(=O)OC(C)(C)C)CC2)ccc1C(=N)N1CCC(=O)NC1=O. The van der Waals surface area contributed by atoms with Crippen molar-refractivity contribution in [3.63, 3.8) is 0 Å². The van der Waals surface area contributed by atoms with Gasteiger partial charge in [0.05, 0.1) is 0 Å². The largest absolute Gasteiger partial charge is 0.444 e. The van der Waals surface area contributed by atoms with Gasteiger partial charge in [-0.3, -0.25) is 20.4 Å². The van der Waals surface area contributed by atoms with Crippen molar-refractivity contribution in [2.45, 2.75) is 65.4 Å². The Hall–Kier alpha value is -3.10. The minimum atomic E-state index is -0.568. The van der Waals surface area contributed by atoms with Crippen LogP contribution >= 0.6 is 0 Å². The van der Waals surface area contributed by atoms with E-state index in [-0.39, 0.29) is 30.8 Å². The second-order valence-electron chi connectivity index (χ2n) is 8.90. The first-order valence-electron chi connectivity index (χ1n) is 11.6. The number of nitrogens with zero attached hydrogens (tertiary/aromatic N) is 2. The molecule has 0 spiro atoms. The highest BCUT2D eigenvalue weighted by Crippen LogP contribution is 2.32. The van der Waals surface area contributed by atoms with Crippen molar-refractivity contribution in [3.05, 3.63) is 29.3 Å². The predicted octanol–water partition coefficient (Wildman–Crippen LogP) is 4.14. The zero-order chi connectivity index (χ0) is 24.8. The Bertz CT molecular complexity index is 885. The highest BCUT2D eigenvalue weighted by atomic mass is 16.6. The molecule has 9 heteroatoms. The maximum atomic E-state index is 12.3. The third-order valence-electron chi connectivity index (χ3n) is 5.51. The van der Waals surface area contributed by atoms with Gasteiger partial charge in [0.25, 0.3) is 0 Å². The molecular formula is C24H37N5O4. The van der Waals surface area contributed by atoms with E-state index in [1.807, 2.05) is 52.8 Å². The maximum Gasteiger partial charge on any atom is 0.410 e. The van der Waals surface area contributed by atoms with E-state index in [9.17, 15) is 14.4 Å². The van der Waals surface area contributed by atoms with Gasteiger partial charge in [0.1, 0.15) is 11.4 Å². The molecule has 33 heavy (non-hydrogen) atoms. The van der Waals surface area contributed by atoms with Gasteiger partial charge in [0, 0.05) is 44.4 Å². The molecule has 0 aromatic heterocycles. The van der Waals surface area contributed by atoms with Crippen LogP contribution in [-0.2, 0) is 9.53 Å². The summed E-state index contributed by atoms with van der Waals surface area (Å²) < 4.78 is 5.46. The minimum absolute atomic E-state index is 0.0562. The Balaban J connectivity index is 0.00000187. The molecule has 2 aliphatic rings. The Labute approximate surface area is 196 Å². The Morgan fingerprint density at radius 2 is 1.79 bits per heavy atom. The molecule has 0 radical (unpaired) electrons. The first-order valence-corrected chi connectivity index (χ1v) is 11.6. The molecule has 0 saturated carbocycles. The van der Waals surface area contributed by atoms with Crippen LogP contribution in [0.2, 0.25) is 0 Å². The number of carbonyl (C=O) groups is 3. The van der Waals surface area contributed by atoms with Crippen LogP contribution in [0, 0.1) is 5.41 Å². The number of carbonyl (C=O) groups excluding carboxylic acids is 3. The molecule has 0 unspecified atom stereocenters. The fourth-order valence-corrected chi connectivity index (χ4v) is 3.87. The molecule has 182 valence electrons. The summed E-state index contributed by atoms with van der Waals surface area (Å²) in [5.74, 6) is 0.0292. The third kappa shape index (κ3) is 6.69. The fraction of sp³-hybridized carbons (Fsp3) is 0.583. The van der Waals surface area contributed by atoms with E-state index < -0.39 is 11.6 Å². The molecule has 3 rings (SSSR count). The van der Waals surface area contributed by atoms with Crippen molar-refractivity contribution in [1.82, 2.24) is 15.1 Å². The van der Waals surface area contributed by atoms with Crippen LogP contribution in [-0.4, -0.2) is 65.9 Å². The molecule has 2 heterocycles. The summed E-state index contributed by atoms with van der Waals surface area (Å²) in [7, 11) is 1.78. The van der Waals surface area contributed by atoms with Gasteiger partial charge in [0.15, 0.2) is 0 Å². The monoisotopic (exact) mass is 459 g/mol. The topological polar surface area (TPSA) is 115 Å². The summed E-state index contributed by atoms with van der Waals surface area (Å²) >= 11 is 0. The summed E-state index contributed by atoms with van der Waals surface area (Å²) in [6.45, 7) is 11.0. The van der Waals surface area contributed by atoms with Gasteiger partial charge in [-0.2, -0.15) is 0 Å². The first-order chi connectivity index (χ1) is 15.6. The van der Waals surface area contributed by atoms with Gasteiger partial charge in [-0.25, -0.2) is 9.59 Å². The molecule has 2 aliphatic heterocycles. The summed E-state index contributed by atoms with van der Waals surface area (Å²) in [6.07, 6.45) is 1.56. The second kappa shape index (κ2) is 11.2. The number of nitrogens with one attached hydrogen (secondary N) is 3. The summed E-state index contributed by atoms with van der Waals surface area (Å²) in [4.78, 5) is 38.8. The molecule has 3 N–H and O–H groups in total. The van der Waals surface area contributed by atoms with E-state index in [0.717, 1.165) is 24.1 Å². The van der Waals surface area contributed by atoms with E-state index in [1.54, 1.807) is 11.9 Å². The second-order valence-corrected chi connectivity index (χ2v) is 8.90. The van der Waals surface area contributed by atoms with E-state index in [2.05, 4.69) is 10.6 Å². The average Bonchev–Trinajstić information content (AvgIpc) is 2.78. The van der Waals surface area contributed by atoms with Crippen molar-refractivity contribution in [3.8, 4) is 0 Å². The smallest absolute Gasteiger partial charge is 0.410 e. The summed E-state index contributed by atoms with van der Waals surface area (Å²) in [5.41, 5.74) is 1.97. The van der Waals surface area contributed by atoms with Gasteiger partial charge < -0.3 is 15.0 Å². The van der Waals surface area contributed by atoms with Gasteiger partial charge in [-0.1, -0.05) is 19.9 Å². The summed E-state index contributed by atoms with van der Waals surface area (Å²) in [5, 5.41) is 13.9. The van der Waals surface area contributed by atoms with Crippen LogP contribution in [0.15, 0.2) is 18.2 Å².